The van der Waals surface area contributed by atoms with Crippen molar-refractivity contribution in [2.24, 2.45) is 0 Å². The molecule has 10 heteroatoms. The second kappa shape index (κ2) is 10.5. The molecule has 2 aliphatic heterocycles. The second-order valence-corrected chi connectivity index (χ2v) is 10.0. The van der Waals surface area contributed by atoms with E-state index in [1.165, 1.54) is 22.3 Å². The van der Waals surface area contributed by atoms with Crippen molar-refractivity contribution in [2.45, 2.75) is 51.1 Å². The molecule has 194 valence electrons. The first-order valence-electron chi connectivity index (χ1n) is 13.1. The van der Waals surface area contributed by atoms with Gasteiger partial charge < -0.3 is 23.8 Å². The lowest BCUT2D eigenvalue weighted by Gasteiger charge is -2.37. The summed E-state index contributed by atoms with van der Waals surface area (Å²) in [7, 11) is 1.66. The number of imidazole rings is 1. The summed E-state index contributed by atoms with van der Waals surface area (Å²) < 4.78 is 13.4. The molecule has 2 aromatic heterocycles. The predicted octanol–water partition coefficient (Wildman–Crippen LogP) is 3.70. The molecule has 4 aromatic rings. The highest BCUT2D eigenvalue weighted by molar-refractivity contribution is 5.86. The molecule has 0 spiro atoms. The van der Waals surface area contributed by atoms with Crippen LogP contribution in [0.25, 0.3) is 11.0 Å². The summed E-state index contributed by atoms with van der Waals surface area (Å²) in [5.74, 6) is 1.88. The predicted molar refractivity (Wildman–Crippen MR) is 142 cm³/mol. The summed E-state index contributed by atoms with van der Waals surface area (Å²) in [4.78, 5) is 9.91. The Balaban J connectivity index is 1.37. The number of hydrogen-bond acceptors (Lipinski definition) is 8. The van der Waals surface area contributed by atoms with Crippen LogP contribution in [0.2, 0.25) is 0 Å². The number of aryl methyl sites for hydroxylation is 1. The fraction of sp³-hybridized carbons (Fsp3) is 0.481. The Morgan fingerprint density at radius 1 is 1.05 bits per heavy atom. The number of hydrogen-bond donors (Lipinski definition) is 1. The summed E-state index contributed by atoms with van der Waals surface area (Å²) in [6.45, 7) is 4.87. The van der Waals surface area contributed by atoms with Crippen LogP contribution < -0.4 is 9.80 Å². The molecule has 37 heavy (non-hydrogen) atoms. The number of benzene rings is 2. The summed E-state index contributed by atoms with van der Waals surface area (Å²) in [6, 6.07) is 16.0. The van der Waals surface area contributed by atoms with Gasteiger partial charge in [-0.3, -0.25) is 0 Å². The average molecular weight is 503 g/mol. The van der Waals surface area contributed by atoms with Crippen molar-refractivity contribution < 1.29 is 9.47 Å². The van der Waals surface area contributed by atoms with E-state index in [9.17, 15) is 0 Å². The number of rotatable bonds is 8. The summed E-state index contributed by atoms with van der Waals surface area (Å²) in [5.41, 5.74) is 6.20. The highest BCUT2D eigenvalue weighted by Crippen LogP contribution is 2.38. The van der Waals surface area contributed by atoms with Gasteiger partial charge in [-0.15, -0.1) is 0 Å². The number of nitrogens with one attached hydrogen (secondary N) is 1. The molecule has 0 bridgehead atoms. The van der Waals surface area contributed by atoms with E-state index in [2.05, 4.69) is 84.4 Å². The Labute approximate surface area is 216 Å². The molecule has 1 fully saturated rings. The molecule has 0 aliphatic carbocycles. The van der Waals surface area contributed by atoms with Gasteiger partial charge in [0.25, 0.3) is 0 Å². The Morgan fingerprint density at radius 2 is 1.89 bits per heavy atom. The van der Waals surface area contributed by atoms with E-state index in [1.54, 1.807) is 7.11 Å². The lowest BCUT2D eigenvalue weighted by atomic mass is 9.95. The summed E-state index contributed by atoms with van der Waals surface area (Å²) in [6.07, 6.45) is 4.94. The normalized spacial score (nSPS) is 18.5. The van der Waals surface area contributed by atoms with Crippen molar-refractivity contribution in [2.75, 3.05) is 43.5 Å². The number of aromatic amines is 1. The first-order chi connectivity index (χ1) is 18.2. The van der Waals surface area contributed by atoms with Gasteiger partial charge in [-0.2, -0.15) is 0 Å². The fourth-order valence-corrected chi connectivity index (χ4v) is 5.87. The second-order valence-electron chi connectivity index (χ2n) is 10.0. The molecular weight excluding hydrogens is 468 g/mol. The number of tetrazole rings is 1. The minimum atomic E-state index is 0.291. The molecule has 2 aromatic carbocycles. The van der Waals surface area contributed by atoms with Gasteiger partial charge in [0.15, 0.2) is 0 Å². The monoisotopic (exact) mass is 502 g/mol. The molecule has 2 aliphatic rings. The van der Waals surface area contributed by atoms with E-state index in [1.807, 2.05) is 0 Å². The quantitative estimate of drug-likeness (QED) is 0.288. The summed E-state index contributed by atoms with van der Waals surface area (Å²) >= 11 is 0. The minimum Gasteiger partial charge on any atom is -0.359 e. The van der Waals surface area contributed by atoms with E-state index in [0.29, 0.717) is 25.6 Å². The zero-order chi connectivity index (χ0) is 25.2. The molecular formula is C27H34N8O2. The van der Waals surface area contributed by atoms with Crippen LogP contribution in [-0.4, -0.2) is 69.9 Å². The molecule has 6 rings (SSSR count). The summed E-state index contributed by atoms with van der Waals surface area (Å²) in [5, 5.41) is 14.5. The molecule has 1 saturated heterocycles. The van der Waals surface area contributed by atoms with Gasteiger partial charge in [0.05, 0.1) is 11.0 Å². The molecule has 0 saturated carbocycles. The Morgan fingerprint density at radius 3 is 2.65 bits per heavy atom. The van der Waals surface area contributed by atoms with E-state index >= 15 is 0 Å². The molecule has 0 radical (unpaired) electrons. The Hall–Kier alpha value is -3.50. The van der Waals surface area contributed by atoms with E-state index < -0.39 is 0 Å². The number of piperidine rings is 1. The highest BCUT2D eigenvalue weighted by Gasteiger charge is 2.30. The van der Waals surface area contributed by atoms with E-state index in [4.69, 9.17) is 14.5 Å². The molecule has 1 atom stereocenters. The highest BCUT2D eigenvalue weighted by atomic mass is 16.7. The first-order valence-corrected chi connectivity index (χ1v) is 13.1. The Kier molecular flexibility index (Phi) is 6.75. The van der Waals surface area contributed by atoms with Gasteiger partial charge in [0.1, 0.15) is 19.3 Å². The number of nitrogens with zero attached hydrogens (tertiary/aromatic N) is 7. The lowest BCUT2D eigenvalue weighted by molar-refractivity contribution is -0.0318. The molecule has 0 unspecified atom stereocenters. The maximum Gasteiger partial charge on any atom is 0.242 e. The number of anilines is 2. The third kappa shape index (κ3) is 4.67. The van der Waals surface area contributed by atoms with Crippen molar-refractivity contribution in [3.8, 4) is 0 Å². The number of methoxy groups -OCH3 is 1. The van der Waals surface area contributed by atoms with Crippen molar-refractivity contribution >= 4 is 22.7 Å². The van der Waals surface area contributed by atoms with Gasteiger partial charge in [0, 0.05) is 50.0 Å². The standard InChI is InChI=1S/C27H34N8O2/c1-19-8-9-22-23(34(19)17-37-18-36-2)10-11-24-26(22)28-25(16-20-6-4-3-5-7-20)35(24)21-12-14-33(15-13-21)27-29-31-32-30-27/h3-7,10-11,19,21H,8-9,12-18H2,1-2H3,(H,29,30,31,32)/t19-/m0/s1. The van der Waals surface area contributed by atoms with Gasteiger partial charge in [-0.1, -0.05) is 35.4 Å². The van der Waals surface area contributed by atoms with Crippen LogP contribution >= 0.6 is 0 Å². The molecule has 0 amide bonds. The molecule has 1 N–H and O–H groups in total. The van der Waals surface area contributed by atoms with E-state index in [0.717, 1.165) is 62.5 Å². The zero-order valence-electron chi connectivity index (χ0n) is 21.5. The smallest absolute Gasteiger partial charge is 0.242 e. The van der Waals surface area contributed by atoms with Crippen molar-refractivity contribution in [3.05, 3.63) is 59.4 Å². The van der Waals surface area contributed by atoms with Crippen LogP contribution in [0.1, 0.15) is 49.2 Å². The third-order valence-corrected chi connectivity index (χ3v) is 7.77. The van der Waals surface area contributed by atoms with Crippen molar-refractivity contribution in [1.82, 2.24) is 30.2 Å². The van der Waals surface area contributed by atoms with Gasteiger partial charge >= 0.3 is 0 Å². The first kappa shape index (κ1) is 23.9. The van der Waals surface area contributed by atoms with E-state index in [-0.39, 0.29) is 0 Å². The molecule has 4 heterocycles. The van der Waals surface area contributed by atoms with Crippen LogP contribution in [0, 0.1) is 0 Å². The third-order valence-electron chi connectivity index (χ3n) is 7.77. The largest absolute Gasteiger partial charge is 0.359 e. The van der Waals surface area contributed by atoms with Crippen LogP contribution in [-0.2, 0) is 22.3 Å². The average Bonchev–Trinajstić information content (AvgIpc) is 3.59. The Bertz CT molecular complexity index is 1320. The van der Waals surface area contributed by atoms with Crippen molar-refractivity contribution in [1.29, 1.82) is 0 Å². The maximum absolute atomic E-state index is 5.76. The zero-order valence-corrected chi connectivity index (χ0v) is 21.5. The minimum absolute atomic E-state index is 0.291. The lowest BCUT2D eigenvalue weighted by Crippen LogP contribution is -2.39. The van der Waals surface area contributed by atoms with Gasteiger partial charge in [-0.05, 0) is 60.7 Å². The molecule has 10 nitrogen and oxygen atoms in total. The topological polar surface area (TPSA) is 97.2 Å². The van der Waals surface area contributed by atoms with Crippen LogP contribution in [0.5, 0.6) is 0 Å². The van der Waals surface area contributed by atoms with Gasteiger partial charge in [-0.25, -0.2) is 10.1 Å². The van der Waals surface area contributed by atoms with Crippen LogP contribution in [0.3, 0.4) is 0 Å². The number of fused-ring (bicyclic) bond motifs is 3. The number of ether oxygens (including phenoxy) is 2. The number of aromatic nitrogens is 6. The maximum atomic E-state index is 5.76. The van der Waals surface area contributed by atoms with Crippen LogP contribution in [0.4, 0.5) is 11.6 Å². The van der Waals surface area contributed by atoms with Gasteiger partial charge in [0.2, 0.25) is 5.95 Å². The number of H-pyrrole nitrogens is 1. The van der Waals surface area contributed by atoms with Crippen molar-refractivity contribution in [3.63, 3.8) is 0 Å². The SMILES string of the molecule is COCOCN1c2ccc3c(nc(Cc4ccccc4)n3C3CCN(c4nnn[nH]4)CC3)c2CC[C@@H]1C. The fourth-order valence-electron chi connectivity index (χ4n) is 5.87. The van der Waals surface area contributed by atoms with Crippen LogP contribution in [0.15, 0.2) is 42.5 Å².